The average molecular weight is 267 g/mol. The van der Waals surface area contributed by atoms with Gasteiger partial charge in [0.15, 0.2) is 0 Å². The highest BCUT2D eigenvalue weighted by Crippen LogP contribution is 2.30. The Morgan fingerprint density at radius 1 is 1.15 bits per heavy atom. The van der Waals surface area contributed by atoms with Crippen molar-refractivity contribution in [3.8, 4) is 5.75 Å². The fourth-order valence-electron chi connectivity index (χ4n) is 2.90. The summed E-state index contributed by atoms with van der Waals surface area (Å²) in [7, 11) is 2.02. The predicted molar refractivity (Wildman–Crippen MR) is 82.4 cm³/mol. The summed E-state index contributed by atoms with van der Waals surface area (Å²) in [6.45, 7) is 3.01. The van der Waals surface area contributed by atoms with Gasteiger partial charge in [0.2, 0.25) is 0 Å². The number of fused-ring (bicyclic) bond motifs is 1. The molecule has 2 aromatic rings. The van der Waals surface area contributed by atoms with Gasteiger partial charge >= 0.3 is 0 Å². The molecule has 2 heteroatoms. The third-order valence-corrected chi connectivity index (χ3v) is 4.03. The first kappa shape index (κ1) is 13.2. The first-order valence-corrected chi connectivity index (χ1v) is 7.33. The summed E-state index contributed by atoms with van der Waals surface area (Å²) in [6, 6.07) is 15.6. The largest absolute Gasteiger partial charge is 0.493 e. The maximum absolute atomic E-state index is 5.59. The monoisotopic (exact) mass is 267 g/mol. The third kappa shape index (κ3) is 2.44. The van der Waals surface area contributed by atoms with Crippen molar-refractivity contribution < 1.29 is 4.74 Å². The molecule has 0 saturated carbocycles. The Kier molecular flexibility index (Phi) is 3.75. The minimum Gasteiger partial charge on any atom is -0.493 e. The van der Waals surface area contributed by atoms with Gasteiger partial charge in [-0.15, -0.1) is 0 Å². The van der Waals surface area contributed by atoms with Crippen molar-refractivity contribution in [1.29, 1.82) is 0 Å². The standard InChI is InChI=1S/C18H21NO/c1-3-13-5-4-6-15(11-13)18(19-2)16-7-8-17-14(12-16)9-10-20-17/h4-8,11-12,18-19H,3,9-10H2,1-2H3. The molecule has 0 aromatic heterocycles. The summed E-state index contributed by atoms with van der Waals surface area (Å²) in [4.78, 5) is 0. The highest BCUT2D eigenvalue weighted by atomic mass is 16.5. The second-order valence-electron chi connectivity index (χ2n) is 5.29. The maximum atomic E-state index is 5.59. The maximum Gasteiger partial charge on any atom is 0.122 e. The first-order chi connectivity index (χ1) is 9.81. The van der Waals surface area contributed by atoms with E-state index >= 15 is 0 Å². The average Bonchev–Trinajstić information content (AvgIpc) is 2.96. The van der Waals surface area contributed by atoms with E-state index in [1.807, 2.05) is 7.05 Å². The zero-order valence-electron chi connectivity index (χ0n) is 12.1. The number of hydrogen-bond donors (Lipinski definition) is 1. The molecule has 2 aromatic carbocycles. The highest BCUT2D eigenvalue weighted by molar-refractivity contribution is 5.43. The number of nitrogens with one attached hydrogen (secondary N) is 1. The SMILES string of the molecule is CCc1cccc(C(NC)c2ccc3c(c2)CCO3)c1. The van der Waals surface area contributed by atoms with E-state index in [1.165, 1.54) is 22.3 Å². The number of rotatable bonds is 4. The minimum absolute atomic E-state index is 0.243. The van der Waals surface area contributed by atoms with Crippen molar-refractivity contribution in [3.63, 3.8) is 0 Å². The van der Waals surface area contributed by atoms with E-state index in [-0.39, 0.29) is 6.04 Å². The Bertz CT molecular complexity index is 606. The Morgan fingerprint density at radius 2 is 2.00 bits per heavy atom. The van der Waals surface area contributed by atoms with Crippen LogP contribution in [0.25, 0.3) is 0 Å². The van der Waals surface area contributed by atoms with Gasteiger partial charge in [0, 0.05) is 6.42 Å². The van der Waals surface area contributed by atoms with Crippen LogP contribution >= 0.6 is 0 Å². The van der Waals surface area contributed by atoms with Gasteiger partial charge in [0.25, 0.3) is 0 Å². The molecule has 3 rings (SSSR count). The molecule has 1 aliphatic heterocycles. The van der Waals surface area contributed by atoms with Gasteiger partial charge in [-0.05, 0) is 41.8 Å². The summed E-state index contributed by atoms with van der Waals surface area (Å²) < 4.78 is 5.59. The molecule has 104 valence electrons. The Morgan fingerprint density at radius 3 is 2.80 bits per heavy atom. The second kappa shape index (κ2) is 5.68. The summed E-state index contributed by atoms with van der Waals surface area (Å²) in [5.74, 6) is 1.05. The van der Waals surface area contributed by atoms with Crippen LogP contribution in [-0.2, 0) is 12.8 Å². The number of benzene rings is 2. The predicted octanol–water partition coefficient (Wildman–Crippen LogP) is 3.49. The van der Waals surface area contributed by atoms with Crippen molar-refractivity contribution in [2.45, 2.75) is 25.8 Å². The number of hydrogen-bond acceptors (Lipinski definition) is 2. The normalized spacial score (nSPS) is 14.7. The van der Waals surface area contributed by atoms with Crippen molar-refractivity contribution in [3.05, 3.63) is 64.7 Å². The van der Waals surface area contributed by atoms with Crippen molar-refractivity contribution >= 4 is 0 Å². The van der Waals surface area contributed by atoms with E-state index in [0.29, 0.717) is 0 Å². The van der Waals surface area contributed by atoms with Crippen LogP contribution in [-0.4, -0.2) is 13.7 Å². The lowest BCUT2D eigenvalue weighted by molar-refractivity contribution is 0.357. The molecule has 20 heavy (non-hydrogen) atoms. The number of ether oxygens (including phenoxy) is 1. The van der Waals surface area contributed by atoms with Gasteiger partial charge in [-0.1, -0.05) is 43.3 Å². The molecular weight excluding hydrogens is 246 g/mol. The van der Waals surface area contributed by atoms with E-state index in [0.717, 1.165) is 25.2 Å². The van der Waals surface area contributed by atoms with E-state index in [9.17, 15) is 0 Å². The molecule has 0 saturated heterocycles. The molecule has 0 amide bonds. The van der Waals surface area contributed by atoms with Crippen LogP contribution < -0.4 is 10.1 Å². The fourth-order valence-corrected chi connectivity index (χ4v) is 2.90. The van der Waals surface area contributed by atoms with Gasteiger partial charge in [0.05, 0.1) is 12.6 Å². The summed E-state index contributed by atoms with van der Waals surface area (Å²) >= 11 is 0. The third-order valence-electron chi connectivity index (χ3n) is 4.03. The fraction of sp³-hybridized carbons (Fsp3) is 0.333. The summed E-state index contributed by atoms with van der Waals surface area (Å²) in [6.07, 6.45) is 2.09. The Balaban J connectivity index is 1.96. The van der Waals surface area contributed by atoms with Crippen molar-refractivity contribution in [2.24, 2.45) is 0 Å². The zero-order valence-corrected chi connectivity index (χ0v) is 12.1. The van der Waals surface area contributed by atoms with Crippen molar-refractivity contribution in [1.82, 2.24) is 5.32 Å². The molecular formula is C18H21NO. The molecule has 2 nitrogen and oxygen atoms in total. The van der Waals surface area contributed by atoms with Crippen LogP contribution in [0, 0.1) is 0 Å². The molecule has 0 aliphatic carbocycles. The lowest BCUT2D eigenvalue weighted by Crippen LogP contribution is -2.17. The first-order valence-electron chi connectivity index (χ1n) is 7.33. The Hall–Kier alpha value is -1.80. The summed E-state index contributed by atoms with van der Waals surface area (Å²) in [5.41, 5.74) is 5.34. The molecule has 1 atom stereocenters. The van der Waals surface area contributed by atoms with Gasteiger partial charge < -0.3 is 10.1 Å². The highest BCUT2D eigenvalue weighted by Gasteiger charge is 2.17. The van der Waals surface area contributed by atoms with Crippen LogP contribution in [0.3, 0.4) is 0 Å². The van der Waals surface area contributed by atoms with Gasteiger partial charge in [-0.25, -0.2) is 0 Å². The van der Waals surface area contributed by atoms with E-state index in [4.69, 9.17) is 4.74 Å². The Labute approximate surface area is 120 Å². The number of aryl methyl sites for hydroxylation is 1. The van der Waals surface area contributed by atoms with Gasteiger partial charge in [0.1, 0.15) is 5.75 Å². The molecule has 0 spiro atoms. The second-order valence-corrected chi connectivity index (χ2v) is 5.29. The smallest absolute Gasteiger partial charge is 0.122 e. The van der Waals surface area contributed by atoms with Gasteiger partial charge in [-0.3, -0.25) is 0 Å². The lowest BCUT2D eigenvalue weighted by Gasteiger charge is -2.18. The minimum atomic E-state index is 0.243. The molecule has 1 unspecified atom stereocenters. The quantitative estimate of drug-likeness (QED) is 0.915. The zero-order chi connectivity index (χ0) is 13.9. The van der Waals surface area contributed by atoms with Crippen LogP contribution in [0.1, 0.15) is 35.2 Å². The van der Waals surface area contributed by atoms with Crippen molar-refractivity contribution in [2.75, 3.05) is 13.7 Å². The van der Waals surface area contributed by atoms with Gasteiger partial charge in [-0.2, -0.15) is 0 Å². The van der Waals surface area contributed by atoms with E-state index in [2.05, 4.69) is 54.7 Å². The van der Waals surface area contributed by atoms with E-state index in [1.54, 1.807) is 0 Å². The van der Waals surface area contributed by atoms with Crippen LogP contribution in [0.15, 0.2) is 42.5 Å². The van der Waals surface area contributed by atoms with Crippen LogP contribution in [0.4, 0.5) is 0 Å². The molecule has 0 fully saturated rings. The van der Waals surface area contributed by atoms with E-state index < -0.39 is 0 Å². The molecule has 1 N–H and O–H groups in total. The summed E-state index contributed by atoms with van der Waals surface area (Å²) in [5, 5.41) is 3.44. The molecule has 1 aliphatic rings. The van der Waals surface area contributed by atoms with Crippen LogP contribution in [0.2, 0.25) is 0 Å². The topological polar surface area (TPSA) is 21.3 Å². The lowest BCUT2D eigenvalue weighted by atomic mass is 9.95. The molecule has 0 radical (unpaired) electrons. The van der Waals surface area contributed by atoms with Crippen LogP contribution in [0.5, 0.6) is 5.75 Å². The molecule has 0 bridgehead atoms. The molecule has 1 heterocycles.